The fraction of sp³-hybridized carbons (Fsp3) is 0.300. The molecular formula is C10H15N2+. The first-order valence-corrected chi connectivity index (χ1v) is 4.07. The van der Waals surface area contributed by atoms with Crippen molar-refractivity contribution in [3.8, 4) is 0 Å². The first-order chi connectivity index (χ1) is 5.70. The van der Waals surface area contributed by atoms with Gasteiger partial charge in [0.15, 0.2) is 0 Å². The van der Waals surface area contributed by atoms with Gasteiger partial charge in [0, 0.05) is 0 Å². The molecule has 0 bridgehead atoms. The third-order valence-electron chi connectivity index (χ3n) is 1.83. The van der Waals surface area contributed by atoms with Crippen molar-refractivity contribution in [2.45, 2.75) is 19.8 Å². The van der Waals surface area contributed by atoms with Gasteiger partial charge in [-0.25, -0.2) is 9.13 Å². The minimum absolute atomic E-state index is 0.469. The normalized spacial score (nSPS) is 10.2. The van der Waals surface area contributed by atoms with Crippen LogP contribution in [-0.2, 0) is 0 Å². The number of aromatic nitrogens is 2. The second-order valence-corrected chi connectivity index (χ2v) is 2.99. The van der Waals surface area contributed by atoms with Crippen LogP contribution in [0.25, 0.3) is 12.4 Å². The van der Waals surface area contributed by atoms with Crippen molar-refractivity contribution in [2.75, 3.05) is 0 Å². The van der Waals surface area contributed by atoms with E-state index in [1.54, 1.807) is 12.4 Å². The van der Waals surface area contributed by atoms with Gasteiger partial charge in [-0.05, 0) is 0 Å². The molecule has 0 aliphatic heterocycles. The highest BCUT2D eigenvalue weighted by Crippen LogP contribution is 2.10. The highest BCUT2D eigenvalue weighted by Gasteiger charge is 2.16. The van der Waals surface area contributed by atoms with Crippen molar-refractivity contribution in [3.63, 3.8) is 0 Å². The Morgan fingerprint density at radius 3 is 2.58 bits per heavy atom. The van der Waals surface area contributed by atoms with Gasteiger partial charge in [-0.3, -0.25) is 0 Å². The van der Waals surface area contributed by atoms with Gasteiger partial charge in [0.05, 0.1) is 18.3 Å². The first-order valence-electron chi connectivity index (χ1n) is 4.07. The molecular weight excluding hydrogens is 148 g/mol. The van der Waals surface area contributed by atoms with Crippen LogP contribution < -0.4 is 4.57 Å². The van der Waals surface area contributed by atoms with E-state index in [9.17, 15) is 0 Å². The molecule has 1 heterocycles. The molecule has 0 aliphatic rings. The van der Waals surface area contributed by atoms with E-state index in [4.69, 9.17) is 0 Å². The van der Waals surface area contributed by atoms with Gasteiger partial charge >= 0.3 is 0 Å². The fourth-order valence-corrected chi connectivity index (χ4v) is 1.33. The van der Waals surface area contributed by atoms with Crippen LogP contribution in [0.4, 0.5) is 0 Å². The van der Waals surface area contributed by atoms with Gasteiger partial charge in [0.1, 0.15) is 12.4 Å². The molecule has 1 aromatic rings. The van der Waals surface area contributed by atoms with E-state index >= 15 is 0 Å². The van der Waals surface area contributed by atoms with Crippen molar-refractivity contribution in [1.82, 2.24) is 4.57 Å². The van der Waals surface area contributed by atoms with E-state index in [1.165, 1.54) is 5.82 Å². The third kappa shape index (κ3) is 1.33. The van der Waals surface area contributed by atoms with Gasteiger partial charge in [0.2, 0.25) is 0 Å². The Morgan fingerprint density at radius 2 is 2.17 bits per heavy atom. The summed E-state index contributed by atoms with van der Waals surface area (Å²) in [4.78, 5) is 0. The molecule has 12 heavy (non-hydrogen) atoms. The average Bonchev–Trinajstić information content (AvgIpc) is 2.46. The van der Waals surface area contributed by atoms with E-state index in [1.807, 2.05) is 21.5 Å². The lowest BCUT2D eigenvalue weighted by Gasteiger charge is -2.00. The standard InChI is InChI=1S/C10H15N2/c1-5-11-7-8-12(6-2)10(11)9(3)4/h5-9H,1-2H2,3-4H3/q+1. The lowest BCUT2D eigenvalue weighted by molar-refractivity contribution is -0.577. The molecule has 1 aromatic heterocycles. The molecule has 0 aromatic carbocycles. The summed E-state index contributed by atoms with van der Waals surface area (Å²) in [7, 11) is 0. The van der Waals surface area contributed by atoms with Gasteiger partial charge in [-0.15, -0.1) is 0 Å². The van der Waals surface area contributed by atoms with E-state index in [0.717, 1.165) is 0 Å². The third-order valence-corrected chi connectivity index (χ3v) is 1.83. The summed E-state index contributed by atoms with van der Waals surface area (Å²) in [5, 5.41) is 0. The monoisotopic (exact) mass is 163 g/mol. The van der Waals surface area contributed by atoms with Crippen LogP contribution in [0.3, 0.4) is 0 Å². The molecule has 0 amide bonds. The van der Waals surface area contributed by atoms with Crippen LogP contribution in [0.15, 0.2) is 25.6 Å². The topological polar surface area (TPSA) is 8.81 Å². The van der Waals surface area contributed by atoms with Crippen LogP contribution in [0.1, 0.15) is 25.6 Å². The highest BCUT2D eigenvalue weighted by molar-refractivity contribution is 5.20. The van der Waals surface area contributed by atoms with Gasteiger partial charge in [0.25, 0.3) is 5.82 Å². The fourth-order valence-electron chi connectivity index (χ4n) is 1.33. The van der Waals surface area contributed by atoms with Crippen LogP contribution in [0.5, 0.6) is 0 Å². The Labute approximate surface area is 73.5 Å². The van der Waals surface area contributed by atoms with Gasteiger partial charge in [-0.1, -0.05) is 27.0 Å². The SMILES string of the molecule is C=Cn1cc[n+](C=C)c1C(C)C. The van der Waals surface area contributed by atoms with E-state index in [0.29, 0.717) is 5.92 Å². The molecule has 0 saturated heterocycles. The molecule has 0 unspecified atom stereocenters. The molecule has 2 heteroatoms. The summed E-state index contributed by atoms with van der Waals surface area (Å²) in [6.07, 6.45) is 7.55. The quantitative estimate of drug-likeness (QED) is 0.603. The minimum Gasteiger partial charge on any atom is -0.207 e. The maximum absolute atomic E-state index is 3.74. The Morgan fingerprint density at radius 1 is 1.50 bits per heavy atom. The van der Waals surface area contributed by atoms with Crippen LogP contribution >= 0.6 is 0 Å². The predicted octanol–water partition coefficient (Wildman–Crippen LogP) is 2.10. The molecule has 0 aliphatic carbocycles. The molecule has 0 saturated carbocycles. The van der Waals surface area contributed by atoms with Crippen LogP contribution in [0, 0.1) is 0 Å². The lowest BCUT2D eigenvalue weighted by atomic mass is 10.2. The summed E-state index contributed by atoms with van der Waals surface area (Å²) < 4.78 is 4.01. The first kappa shape index (κ1) is 8.78. The number of nitrogens with zero attached hydrogens (tertiary/aromatic N) is 2. The Balaban J connectivity index is 3.25. The highest BCUT2D eigenvalue weighted by atomic mass is 15.1. The van der Waals surface area contributed by atoms with Crippen molar-refractivity contribution < 1.29 is 4.57 Å². The number of hydrogen-bond acceptors (Lipinski definition) is 0. The number of imidazole rings is 1. The van der Waals surface area contributed by atoms with Gasteiger partial charge in [-0.2, -0.15) is 0 Å². The van der Waals surface area contributed by atoms with Crippen LogP contribution in [0.2, 0.25) is 0 Å². The maximum atomic E-state index is 3.74. The lowest BCUT2D eigenvalue weighted by Crippen LogP contribution is -2.30. The van der Waals surface area contributed by atoms with Crippen molar-refractivity contribution in [2.24, 2.45) is 0 Å². The average molecular weight is 163 g/mol. The van der Waals surface area contributed by atoms with E-state index < -0.39 is 0 Å². The van der Waals surface area contributed by atoms with E-state index in [-0.39, 0.29) is 0 Å². The smallest absolute Gasteiger partial charge is 0.207 e. The predicted molar refractivity (Wildman–Crippen MR) is 51.5 cm³/mol. The van der Waals surface area contributed by atoms with Crippen LogP contribution in [-0.4, -0.2) is 4.57 Å². The second-order valence-electron chi connectivity index (χ2n) is 2.99. The second kappa shape index (κ2) is 3.39. The van der Waals surface area contributed by atoms with Crippen molar-refractivity contribution in [1.29, 1.82) is 0 Å². The zero-order chi connectivity index (χ0) is 9.14. The van der Waals surface area contributed by atoms with Gasteiger partial charge < -0.3 is 0 Å². The van der Waals surface area contributed by atoms with Crippen molar-refractivity contribution in [3.05, 3.63) is 31.4 Å². The molecule has 0 fully saturated rings. The molecule has 64 valence electrons. The summed E-state index contributed by atoms with van der Waals surface area (Å²) in [6.45, 7) is 11.8. The largest absolute Gasteiger partial charge is 0.268 e. The zero-order valence-electron chi connectivity index (χ0n) is 7.70. The summed E-state index contributed by atoms with van der Waals surface area (Å²) in [6, 6.07) is 0. The molecule has 0 N–H and O–H groups in total. The molecule has 2 nitrogen and oxygen atoms in total. The Hall–Kier alpha value is -1.31. The zero-order valence-corrected chi connectivity index (χ0v) is 7.70. The molecule has 0 radical (unpaired) electrons. The number of rotatable bonds is 3. The van der Waals surface area contributed by atoms with E-state index in [2.05, 4.69) is 27.0 Å². The van der Waals surface area contributed by atoms with Crippen molar-refractivity contribution >= 4 is 12.4 Å². The Kier molecular flexibility index (Phi) is 2.48. The molecule has 0 atom stereocenters. The Bertz CT molecular complexity index is 269. The molecule has 0 spiro atoms. The summed E-state index contributed by atoms with van der Waals surface area (Å²) >= 11 is 0. The maximum Gasteiger partial charge on any atom is 0.268 e. The minimum atomic E-state index is 0.469. The number of hydrogen-bond donors (Lipinski definition) is 0. The summed E-state index contributed by atoms with van der Waals surface area (Å²) in [5.41, 5.74) is 0. The summed E-state index contributed by atoms with van der Waals surface area (Å²) in [5.74, 6) is 1.66. The molecule has 1 rings (SSSR count).